The Hall–Kier alpha value is -1.61. The Bertz CT molecular complexity index is 471. The molecule has 1 aromatic rings. The monoisotopic (exact) mass is 287 g/mol. The topological polar surface area (TPSA) is 29.5 Å². The molecule has 0 radical (unpaired) electrons. The van der Waals surface area contributed by atoms with Gasteiger partial charge in [0.25, 0.3) is 0 Å². The smallest absolute Gasteiger partial charge is 0.310 e. The van der Waals surface area contributed by atoms with Crippen molar-refractivity contribution < 1.29 is 9.53 Å². The first-order valence-corrected chi connectivity index (χ1v) is 7.68. The molecule has 114 valence electrons. The van der Waals surface area contributed by atoms with Crippen LogP contribution in [0.2, 0.25) is 0 Å². The van der Waals surface area contributed by atoms with E-state index in [9.17, 15) is 4.79 Å². The zero-order chi connectivity index (χ0) is 15.2. The molecule has 0 amide bonds. The highest BCUT2D eigenvalue weighted by molar-refractivity contribution is 5.72. The number of benzene rings is 1. The van der Waals surface area contributed by atoms with Crippen LogP contribution < -0.4 is 0 Å². The van der Waals surface area contributed by atoms with Crippen LogP contribution >= 0.6 is 0 Å². The van der Waals surface area contributed by atoms with Gasteiger partial charge in [-0.25, -0.2) is 0 Å². The average Bonchev–Trinajstić information content (AvgIpc) is 2.45. The summed E-state index contributed by atoms with van der Waals surface area (Å²) in [6.45, 7) is 10.00. The van der Waals surface area contributed by atoms with E-state index in [2.05, 4.69) is 25.3 Å². The highest BCUT2D eigenvalue weighted by atomic mass is 16.5. The van der Waals surface area contributed by atoms with Gasteiger partial charge < -0.3 is 4.74 Å². The fourth-order valence-corrected chi connectivity index (χ4v) is 2.94. The standard InChI is InChI=1S/C18H25NO2/c1-4-10-19-13-14(2)17(11-15(19)3)21-18(20)12-16-8-6-5-7-9-16/h4-9,14-15,17H,1,10-13H2,2-3H3. The lowest BCUT2D eigenvalue weighted by Gasteiger charge is -2.40. The van der Waals surface area contributed by atoms with Crippen molar-refractivity contribution in [2.24, 2.45) is 5.92 Å². The van der Waals surface area contributed by atoms with Gasteiger partial charge in [0, 0.05) is 25.0 Å². The highest BCUT2D eigenvalue weighted by Gasteiger charge is 2.32. The summed E-state index contributed by atoms with van der Waals surface area (Å²) in [4.78, 5) is 14.5. The van der Waals surface area contributed by atoms with Crippen molar-refractivity contribution >= 4 is 5.97 Å². The van der Waals surface area contributed by atoms with E-state index in [-0.39, 0.29) is 12.1 Å². The van der Waals surface area contributed by atoms with Crippen molar-refractivity contribution in [1.29, 1.82) is 0 Å². The second-order valence-electron chi connectivity index (χ2n) is 6.00. The van der Waals surface area contributed by atoms with Crippen molar-refractivity contribution in [2.45, 2.75) is 38.8 Å². The molecule has 0 bridgehead atoms. The Kier molecular flexibility index (Phi) is 5.57. The molecule has 1 aromatic carbocycles. The van der Waals surface area contributed by atoms with Gasteiger partial charge in [0.1, 0.15) is 6.10 Å². The van der Waals surface area contributed by atoms with Crippen molar-refractivity contribution in [3.05, 3.63) is 48.6 Å². The molecule has 0 aromatic heterocycles. The van der Waals surface area contributed by atoms with Crippen LogP contribution in [0, 0.1) is 5.92 Å². The third-order valence-electron chi connectivity index (χ3n) is 4.19. The highest BCUT2D eigenvalue weighted by Crippen LogP contribution is 2.25. The predicted octanol–water partition coefficient (Wildman–Crippen LogP) is 3.06. The van der Waals surface area contributed by atoms with Gasteiger partial charge in [-0.15, -0.1) is 6.58 Å². The van der Waals surface area contributed by atoms with E-state index in [0.29, 0.717) is 18.4 Å². The Morgan fingerprint density at radius 3 is 2.76 bits per heavy atom. The quantitative estimate of drug-likeness (QED) is 0.616. The van der Waals surface area contributed by atoms with E-state index in [0.717, 1.165) is 25.1 Å². The van der Waals surface area contributed by atoms with Crippen molar-refractivity contribution in [1.82, 2.24) is 4.90 Å². The SMILES string of the molecule is C=CCN1CC(C)C(OC(=O)Cc2ccccc2)CC1C. The third kappa shape index (κ3) is 4.43. The normalized spacial score (nSPS) is 26.3. The minimum atomic E-state index is -0.123. The van der Waals surface area contributed by atoms with Crippen molar-refractivity contribution in [3.8, 4) is 0 Å². The van der Waals surface area contributed by atoms with Gasteiger partial charge in [-0.1, -0.05) is 43.3 Å². The maximum absolute atomic E-state index is 12.1. The van der Waals surface area contributed by atoms with E-state index < -0.39 is 0 Å². The third-order valence-corrected chi connectivity index (χ3v) is 4.19. The molecule has 0 N–H and O–H groups in total. The van der Waals surface area contributed by atoms with E-state index in [1.54, 1.807) is 0 Å². The van der Waals surface area contributed by atoms with Crippen molar-refractivity contribution in [3.63, 3.8) is 0 Å². The number of ether oxygens (including phenoxy) is 1. The molecule has 2 rings (SSSR count). The maximum Gasteiger partial charge on any atom is 0.310 e. The lowest BCUT2D eigenvalue weighted by Crippen LogP contribution is -2.48. The molecule has 3 atom stereocenters. The van der Waals surface area contributed by atoms with Crippen LogP contribution in [0.15, 0.2) is 43.0 Å². The maximum atomic E-state index is 12.1. The van der Waals surface area contributed by atoms with Gasteiger partial charge in [-0.3, -0.25) is 9.69 Å². The zero-order valence-electron chi connectivity index (χ0n) is 13.0. The molecule has 3 heteroatoms. The van der Waals surface area contributed by atoms with Crippen LogP contribution in [-0.4, -0.2) is 36.1 Å². The number of esters is 1. The average molecular weight is 287 g/mol. The number of carbonyl (C=O) groups excluding carboxylic acids is 1. The van der Waals surface area contributed by atoms with Crippen LogP contribution in [0.4, 0.5) is 0 Å². The number of piperidine rings is 1. The largest absolute Gasteiger partial charge is 0.462 e. The summed E-state index contributed by atoms with van der Waals surface area (Å²) in [5, 5.41) is 0. The molecule has 1 heterocycles. The molecular weight excluding hydrogens is 262 g/mol. The van der Waals surface area contributed by atoms with Crippen LogP contribution in [0.5, 0.6) is 0 Å². The molecule has 3 unspecified atom stereocenters. The first kappa shape index (κ1) is 15.8. The van der Waals surface area contributed by atoms with Crippen LogP contribution in [0.3, 0.4) is 0 Å². The van der Waals surface area contributed by atoms with Gasteiger partial charge in [0.05, 0.1) is 6.42 Å². The number of carbonyl (C=O) groups is 1. The zero-order valence-corrected chi connectivity index (χ0v) is 13.0. The number of rotatable bonds is 5. The van der Waals surface area contributed by atoms with Crippen molar-refractivity contribution in [2.75, 3.05) is 13.1 Å². The van der Waals surface area contributed by atoms with Gasteiger partial charge in [-0.2, -0.15) is 0 Å². The van der Waals surface area contributed by atoms with E-state index >= 15 is 0 Å². The summed E-state index contributed by atoms with van der Waals surface area (Å²) in [6, 6.07) is 10.2. The first-order valence-electron chi connectivity index (χ1n) is 7.68. The van der Waals surface area contributed by atoms with Gasteiger partial charge in [0.2, 0.25) is 0 Å². The first-order chi connectivity index (χ1) is 10.1. The second-order valence-corrected chi connectivity index (χ2v) is 6.00. The molecule has 0 spiro atoms. The molecule has 0 aliphatic carbocycles. The predicted molar refractivity (Wildman–Crippen MR) is 85.0 cm³/mol. The summed E-state index contributed by atoms with van der Waals surface area (Å²) >= 11 is 0. The Morgan fingerprint density at radius 1 is 1.38 bits per heavy atom. The summed E-state index contributed by atoms with van der Waals surface area (Å²) in [7, 11) is 0. The van der Waals surface area contributed by atoms with E-state index in [4.69, 9.17) is 4.74 Å². The molecule has 1 aliphatic heterocycles. The molecular formula is C18H25NO2. The van der Waals surface area contributed by atoms with Gasteiger partial charge in [0.15, 0.2) is 0 Å². The van der Waals surface area contributed by atoms with Gasteiger partial charge >= 0.3 is 5.97 Å². The summed E-state index contributed by atoms with van der Waals surface area (Å²) in [5.41, 5.74) is 1.01. The van der Waals surface area contributed by atoms with E-state index in [1.807, 2.05) is 36.4 Å². The summed E-state index contributed by atoms with van der Waals surface area (Å²) in [6.07, 6.45) is 3.22. The lowest BCUT2D eigenvalue weighted by atomic mass is 9.91. The van der Waals surface area contributed by atoms with Crippen LogP contribution in [0.1, 0.15) is 25.8 Å². The Labute approximate surface area is 127 Å². The number of hydrogen-bond donors (Lipinski definition) is 0. The number of hydrogen-bond acceptors (Lipinski definition) is 3. The Morgan fingerprint density at radius 2 is 2.10 bits per heavy atom. The molecule has 21 heavy (non-hydrogen) atoms. The molecule has 1 aliphatic rings. The molecule has 1 saturated heterocycles. The van der Waals surface area contributed by atoms with E-state index in [1.165, 1.54) is 0 Å². The minimum Gasteiger partial charge on any atom is -0.462 e. The summed E-state index contributed by atoms with van der Waals surface area (Å²) in [5.74, 6) is 0.239. The fraction of sp³-hybridized carbons (Fsp3) is 0.500. The summed E-state index contributed by atoms with van der Waals surface area (Å²) < 4.78 is 5.71. The lowest BCUT2D eigenvalue weighted by molar-refractivity contribution is -0.154. The molecule has 1 fully saturated rings. The molecule has 3 nitrogen and oxygen atoms in total. The molecule has 0 saturated carbocycles. The second kappa shape index (κ2) is 7.41. The van der Waals surface area contributed by atoms with Crippen LogP contribution in [-0.2, 0) is 16.0 Å². The number of nitrogens with zero attached hydrogens (tertiary/aromatic N) is 1. The Balaban J connectivity index is 1.88. The minimum absolute atomic E-state index is 0.0253. The number of likely N-dealkylation sites (tertiary alicyclic amines) is 1. The van der Waals surface area contributed by atoms with Gasteiger partial charge in [-0.05, 0) is 18.9 Å². The fourth-order valence-electron chi connectivity index (χ4n) is 2.94. The van der Waals surface area contributed by atoms with Crippen LogP contribution in [0.25, 0.3) is 0 Å².